The lowest BCUT2D eigenvalue weighted by Gasteiger charge is -2.33. The molecule has 0 radical (unpaired) electrons. The molecule has 0 spiro atoms. The Morgan fingerprint density at radius 2 is 1.63 bits per heavy atom. The lowest BCUT2D eigenvalue weighted by Crippen LogP contribution is -2.38. The van der Waals surface area contributed by atoms with Crippen LogP contribution in [0.15, 0.2) is 48.7 Å². The molecule has 2 aromatic carbocycles. The number of benzene rings is 2. The number of hydrogen-bond donors (Lipinski definition) is 1. The fraction of sp³-hybridized carbons (Fsp3) is 0.414. The van der Waals surface area contributed by atoms with Gasteiger partial charge in [0.25, 0.3) is 0 Å². The molecule has 0 bridgehead atoms. The summed E-state index contributed by atoms with van der Waals surface area (Å²) in [4.78, 5) is 7.15. The second-order valence-corrected chi connectivity index (χ2v) is 9.50. The highest BCUT2D eigenvalue weighted by Crippen LogP contribution is 2.41. The lowest BCUT2D eigenvalue weighted by atomic mass is 10.0. The monoisotopic (exact) mass is 473 g/mol. The molecule has 0 amide bonds. The van der Waals surface area contributed by atoms with Gasteiger partial charge in [-0.05, 0) is 85.2 Å². The number of pyridine rings is 1. The lowest BCUT2D eigenvalue weighted by molar-refractivity contribution is 0.211. The molecular formula is C29H35N3O3. The van der Waals surface area contributed by atoms with Crippen molar-refractivity contribution >= 4 is 5.69 Å². The molecule has 5 rings (SSSR count). The van der Waals surface area contributed by atoms with Gasteiger partial charge in [0.1, 0.15) is 0 Å². The Kier molecular flexibility index (Phi) is 7.09. The molecule has 6 nitrogen and oxygen atoms in total. The Hall–Kier alpha value is -3.25. The summed E-state index contributed by atoms with van der Waals surface area (Å²) in [7, 11) is 4.88. The van der Waals surface area contributed by atoms with Gasteiger partial charge in [-0.3, -0.25) is 9.88 Å². The molecule has 1 aliphatic heterocycles. The summed E-state index contributed by atoms with van der Waals surface area (Å²) in [5, 5.41) is 3.79. The third kappa shape index (κ3) is 5.22. The first-order chi connectivity index (χ1) is 17.2. The summed E-state index contributed by atoms with van der Waals surface area (Å²) in [5.74, 6) is 1.85. The number of ether oxygens (including phenoxy) is 3. The summed E-state index contributed by atoms with van der Waals surface area (Å²) in [6, 6.07) is 15.7. The summed E-state index contributed by atoms with van der Waals surface area (Å²) in [6.07, 6.45) is 7.96. The maximum Gasteiger partial charge on any atom is 0.203 e. The molecule has 0 saturated carbocycles. The van der Waals surface area contributed by atoms with Crippen LogP contribution in [0.5, 0.6) is 17.2 Å². The van der Waals surface area contributed by atoms with Crippen molar-refractivity contribution in [3.63, 3.8) is 0 Å². The number of anilines is 1. The number of hydrogen-bond acceptors (Lipinski definition) is 6. The van der Waals surface area contributed by atoms with Gasteiger partial charge in [-0.2, -0.15) is 0 Å². The van der Waals surface area contributed by atoms with E-state index < -0.39 is 0 Å². The zero-order chi connectivity index (χ0) is 24.2. The van der Waals surface area contributed by atoms with Crippen LogP contribution in [0.1, 0.15) is 36.0 Å². The quantitative estimate of drug-likeness (QED) is 0.477. The van der Waals surface area contributed by atoms with Gasteiger partial charge in [0, 0.05) is 43.1 Å². The predicted molar refractivity (Wildman–Crippen MR) is 140 cm³/mol. The van der Waals surface area contributed by atoms with Crippen molar-refractivity contribution in [2.75, 3.05) is 39.7 Å². The summed E-state index contributed by atoms with van der Waals surface area (Å²) >= 11 is 0. The minimum atomic E-state index is 0.540. The van der Waals surface area contributed by atoms with Crippen molar-refractivity contribution in [1.29, 1.82) is 0 Å². The molecule has 1 saturated heterocycles. The van der Waals surface area contributed by atoms with E-state index in [2.05, 4.69) is 45.5 Å². The van der Waals surface area contributed by atoms with Gasteiger partial charge in [-0.15, -0.1) is 0 Å². The van der Waals surface area contributed by atoms with E-state index >= 15 is 0 Å². The second kappa shape index (κ2) is 10.6. The van der Waals surface area contributed by atoms with Crippen molar-refractivity contribution < 1.29 is 14.2 Å². The van der Waals surface area contributed by atoms with Crippen LogP contribution >= 0.6 is 0 Å². The van der Waals surface area contributed by atoms with Crippen LogP contribution in [0.2, 0.25) is 0 Å². The molecule has 0 atom stereocenters. The third-order valence-corrected chi connectivity index (χ3v) is 7.25. The Bertz CT molecular complexity index is 1150. The van der Waals surface area contributed by atoms with Gasteiger partial charge in [0.2, 0.25) is 5.75 Å². The zero-order valence-corrected chi connectivity index (χ0v) is 21.0. The molecule has 3 aromatic rings. The van der Waals surface area contributed by atoms with Gasteiger partial charge in [-0.1, -0.05) is 6.07 Å². The van der Waals surface area contributed by atoms with E-state index in [0.717, 1.165) is 43.7 Å². The van der Waals surface area contributed by atoms with Crippen molar-refractivity contribution in [1.82, 2.24) is 9.88 Å². The number of aromatic nitrogens is 1. The van der Waals surface area contributed by atoms with Crippen LogP contribution < -0.4 is 19.5 Å². The molecule has 1 N–H and O–H groups in total. The smallest absolute Gasteiger partial charge is 0.203 e. The maximum absolute atomic E-state index is 5.52. The number of nitrogens with zero attached hydrogens (tertiary/aromatic N) is 2. The van der Waals surface area contributed by atoms with Crippen LogP contribution in [-0.2, 0) is 19.4 Å². The van der Waals surface area contributed by atoms with Gasteiger partial charge in [0.15, 0.2) is 11.5 Å². The highest BCUT2D eigenvalue weighted by atomic mass is 16.5. The third-order valence-electron chi connectivity index (χ3n) is 7.25. The molecule has 1 aromatic heterocycles. The van der Waals surface area contributed by atoms with Crippen LogP contribution in [0.3, 0.4) is 0 Å². The average molecular weight is 474 g/mol. The van der Waals surface area contributed by atoms with E-state index in [1.807, 2.05) is 18.3 Å². The SMILES string of the molecule is COc1cc(-c2cc(CN3CCC(Nc4ccc5c(c4)CCC5)CC3)ccn2)cc(OC)c1OC. The number of rotatable bonds is 8. The second-order valence-electron chi connectivity index (χ2n) is 9.50. The van der Waals surface area contributed by atoms with Crippen molar-refractivity contribution in [3.8, 4) is 28.5 Å². The molecule has 2 aliphatic rings. The first-order valence-electron chi connectivity index (χ1n) is 12.5. The molecule has 35 heavy (non-hydrogen) atoms. The average Bonchev–Trinajstić information content (AvgIpc) is 3.37. The van der Waals surface area contributed by atoms with Crippen molar-refractivity contribution in [2.24, 2.45) is 0 Å². The van der Waals surface area contributed by atoms with E-state index in [1.165, 1.54) is 41.6 Å². The number of nitrogens with one attached hydrogen (secondary N) is 1. The minimum Gasteiger partial charge on any atom is -0.493 e. The van der Waals surface area contributed by atoms with Gasteiger partial charge >= 0.3 is 0 Å². The molecule has 6 heteroatoms. The number of fused-ring (bicyclic) bond motifs is 1. The number of aryl methyl sites for hydroxylation is 2. The van der Waals surface area contributed by atoms with Crippen molar-refractivity contribution in [3.05, 3.63) is 65.4 Å². The van der Waals surface area contributed by atoms with Crippen LogP contribution in [0.25, 0.3) is 11.3 Å². The molecule has 0 unspecified atom stereocenters. The number of methoxy groups -OCH3 is 3. The van der Waals surface area contributed by atoms with E-state index in [1.54, 1.807) is 21.3 Å². The fourth-order valence-corrected chi connectivity index (χ4v) is 5.35. The molecule has 1 aliphatic carbocycles. The van der Waals surface area contributed by atoms with Gasteiger partial charge < -0.3 is 19.5 Å². The van der Waals surface area contributed by atoms with Gasteiger partial charge in [0.05, 0.1) is 27.0 Å². The summed E-state index contributed by atoms with van der Waals surface area (Å²) in [5.41, 5.74) is 7.46. The number of piperidine rings is 1. The van der Waals surface area contributed by atoms with Crippen LogP contribution in [0, 0.1) is 0 Å². The van der Waals surface area contributed by atoms with Gasteiger partial charge in [-0.25, -0.2) is 0 Å². The Morgan fingerprint density at radius 1 is 0.886 bits per heavy atom. The van der Waals surface area contributed by atoms with Crippen LogP contribution in [0.4, 0.5) is 5.69 Å². The molecule has 1 fully saturated rings. The largest absolute Gasteiger partial charge is 0.493 e. The highest BCUT2D eigenvalue weighted by molar-refractivity contribution is 5.69. The topological polar surface area (TPSA) is 55.9 Å². The van der Waals surface area contributed by atoms with Crippen molar-refractivity contribution in [2.45, 2.75) is 44.7 Å². The number of likely N-dealkylation sites (tertiary alicyclic amines) is 1. The van der Waals surface area contributed by atoms with E-state index in [0.29, 0.717) is 23.3 Å². The fourth-order valence-electron chi connectivity index (χ4n) is 5.35. The molecular weight excluding hydrogens is 438 g/mol. The first-order valence-corrected chi connectivity index (χ1v) is 12.5. The van der Waals surface area contributed by atoms with E-state index in [4.69, 9.17) is 14.2 Å². The van der Waals surface area contributed by atoms with Crippen LogP contribution in [-0.4, -0.2) is 50.3 Å². The minimum absolute atomic E-state index is 0.540. The first kappa shape index (κ1) is 23.5. The van der Waals surface area contributed by atoms with E-state index in [-0.39, 0.29) is 0 Å². The standard InChI is InChI=1S/C29H35N3O3/c1-33-27-17-23(18-28(34-2)29(27)35-3)26-15-20(9-12-30-26)19-32-13-10-24(11-14-32)31-25-8-7-21-5-4-6-22(21)16-25/h7-9,12,15-18,24,31H,4-6,10-11,13-14,19H2,1-3H3. The summed E-state index contributed by atoms with van der Waals surface area (Å²) in [6.45, 7) is 3.10. The Balaban J connectivity index is 1.21. The highest BCUT2D eigenvalue weighted by Gasteiger charge is 2.21. The zero-order valence-electron chi connectivity index (χ0n) is 21.0. The normalized spacial score (nSPS) is 16.1. The van der Waals surface area contributed by atoms with E-state index in [9.17, 15) is 0 Å². The Labute approximate surface area is 208 Å². The molecule has 184 valence electrons. The molecule has 2 heterocycles. The summed E-state index contributed by atoms with van der Waals surface area (Å²) < 4.78 is 16.5. The predicted octanol–water partition coefficient (Wildman–Crippen LogP) is 5.34. The maximum atomic E-state index is 5.52. The Morgan fingerprint density at radius 3 is 2.34 bits per heavy atom.